The Balaban J connectivity index is 2.76. The quantitative estimate of drug-likeness (QED) is 0.752. The van der Waals surface area contributed by atoms with E-state index in [-0.39, 0.29) is 25.6 Å². The van der Waals surface area contributed by atoms with Crippen LogP contribution in [0, 0.1) is 0 Å². The zero-order valence-electron chi connectivity index (χ0n) is 11.8. The Labute approximate surface area is 112 Å². The minimum absolute atomic E-state index is 0.131. The Morgan fingerprint density at radius 2 is 2.05 bits per heavy atom. The van der Waals surface area contributed by atoms with Crippen molar-refractivity contribution in [2.24, 2.45) is 0 Å². The maximum absolute atomic E-state index is 12.2. The molecule has 2 unspecified atom stereocenters. The Bertz CT molecular complexity index is 353. The molecule has 2 amide bonds. The normalized spacial score (nSPS) is 23.5. The summed E-state index contributed by atoms with van der Waals surface area (Å²) in [5.41, 5.74) is -1.02. The molecular weight excluding hydrogens is 252 g/mol. The van der Waals surface area contributed by atoms with Crippen molar-refractivity contribution in [2.75, 3.05) is 27.2 Å². The lowest BCUT2D eigenvalue weighted by atomic mass is 10.1. The zero-order chi connectivity index (χ0) is 14.8. The first-order valence-corrected chi connectivity index (χ1v) is 6.15. The molecule has 0 aromatic carbocycles. The first-order valence-electron chi connectivity index (χ1n) is 6.15. The molecule has 1 heterocycles. The number of likely N-dealkylation sites (N-methyl/N-ethyl adjacent to an activating group) is 1. The fourth-order valence-electron chi connectivity index (χ4n) is 2.28. The van der Waals surface area contributed by atoms with Gasteiger partial charge in [0.2, 0.25) is 0 Å². The van der Waals surface area contributed by atoms with E-state index in [9.17, 15) is 14.7 Å². The van der Waals surface area contributed by atoms with Crippen LogP contribution in [-0.2, 0) is 9.53 Å². The van der Waals surface area contributed by atoms with Crippen LogP contribution in [0.4, 0.5) is 4.79 Å². The van der Waals surface area contributed by atoms with E-state index in [0.29, 0.717) is 0 Å². The van der Waals surface area contributed by atoms with Crippen LogP contribution in [0.25, 0.3) is 0 Å². The standard InChI is InChI=1S/C12H22N2O5/c1-12(2,18)7-13(3)11(17)14-6-8(19-4)5-9(14)10(15)16/h8-9,18H,5-7H2,1-4H3,(H,15,16). The number of nitrogens with zero attached hydrogens (tertiary/aromatic N) is 2. The Morgan fingerprint density at radius 3 is 2.47 bits per heavy atom. The largest absolute Gasteiger partial charge is 0.480 e. The van der Waals surface area contributed by atoms with E-state index in [4.69, 9.17) is 9.84 Å². The highest BCUT2D eigenvalue weighted by Gasteiger charge is 2.41. The van der Waals surface area contributed by atoms with Crippen molar-refractivity contribution in [1.29, 1.82) is 0 Å². The number of aliphatic hydroxyl groups is 1. The third kappa shape index (κ3) is 4.07. The second-order valence-corrected chi connectivity index (χ2v) is 5.55. The minimum atomic E-state index is -1.04. The number of hydrogen-bond acceptors (Lipinski definition) is 4. The number of carbonyl (C=O) groups excluding carboxylic acids is 1. The van der Waals surface area contributed by atoms with Crippen LogP contribution in [0.2, 0.25) is 0 Å². The van der Waals surface area contributed by atoms with Crippen molar-refractivity contribution >= 4 is 12.0 Å². The summed E-state index contributed by atoms with van der Waals surface area (Å²) in [4.78, 5) is 26.0. The van der Waals surface area contributed by atoms with E-state index in [1.54, 1.807) is 20.9 Å². The van der Waals surface area contributed by atoms with E-state index in [1.165, 1.54) is 16.9 Å². The SMILES string of the molecule is COC1CC(C(=O)O)N(C(=O)N(C)CC(C)(C)O)C1. The van der Waals surface area contributed by atoms with Gasteiger partial charge in [0.15, 0.2) is 0 Å². The number of methoxy groups -OCH3 is 1. The van der Waals surface area contributed by atoms with Gasteiger partial charge in [-0.1, -0.05) is 0 Å². The number of rotatable bonds is 4. The van der Waals surface area contributed by atoms with Crippen molar-refractivity contribution in [1.82, 2.24) is 9.80 Å². The highest BCUT2D eigenvalue weighted by atomic mass is 16.5. The van der Waals surface area contributed by atoms with Crippen LogP contribution in [0.15, 0.2) is 0 Å². The van der Waals surface area contributed by atoms with Crippen molar-refractivity contribution in [3.05, 3.63) is 0 Å². The van der Waals surface area contributed by atoms with Gasteiger partial charge in [0.25, 0.3) is 0 Å². The summed E-state index contributed by atoms with van der Waals surface area (Å²) in [7, 11) is 3.04. The van der Waals surface area contributed by atoms with Crippen molar-refractivity contribution < 1.29 is 24.5 Å². The molecule has 2 N–H and O–H groups in total. The molecule has 0 bridgehead atoms. The summed E-state index contributed by atoms with van der Waals surface area (Å²) in [5.74, 6) is -1.04. The number of carboxylic acids is 1. The molecule has 19 heavy (non-hydrogen) atoms. The van der Waals surface area contributed by atoms with Crippen LogP contribution >= 0.6 is 0 Å². The number of aliphatic carboxylic acids is 1. The van der Waals surface area contributed by atoms with E-state index < -0.39 is 23.6 Å². The molecule has 110 valence electrons. The van der Waals surface area contributed by atoms with Crippen molar-refractivity contribution in [3.8, 4) is 0 Å². The monoisotopic (exact) mass is 274 g/mol. The predicted molar refractivity (Wildman–Crippen MR) is 67.9 cm³/mol. The molecular formula is C12H22N2O5. The van der Waals surface area contributed by atoms with Crippen molar-refractivity contribution in [2.45, 2.75) is 38.0 Å². The first-order chi connectivity index (χ1) is 8.65. The van der Waals surface area contributed by atoms with Gasteiger partial charge in [-0.2, -0.15) is 0 Å². The van der Waals surface area contributed by atoms with Crippen LogP contribution in [0.1, 0.15) is 20.3 Å². The minimum Gasteiger partial charge on any atom is -0.480 e. The molecule has 0 aromatic heterocycles. The van der Waals surface area contributed by atoms with Gasteiger partial charge in [0.05, 0.1) is 18.2 Å². The van der Waals surface area contributed by atoms with Crippen LogP contribution in [-0.4, -0.2) is 77.0 Å². The van der Waals surface area contributed by atoms with Gasteiger partial charge in [-0.05, 0) is 13.8 Å². The van der Waals surface area contributed by atoms with Crippen LogP contribution in [0.5, 0.6) is 0 Å². The summed E-state index contributed by atoms with van der Waals surface area (Å²) in [5, 5.41) is 18.8. The number of hydrogen-bond donors (Lipinski definition) is 2. The topological polar surface area (TPSA) is 90.3 Å². The van der Waals surface area contributed by atoms with Crippen molar-refractivity contribution in [3.63, 3.8) is 0 Å². The van der Waals surface area contributed by atoms with Gasteiger partial charge in [-0.25, -0.2) is 9.59 Å². The van der Waals surface area contributed by atoms with Crippen LogP contribution < -0.4 is 0 Å². The van der Waals surface area contributed by atoms with Gasteiger partial charge < -0.3 is 24.7 Å². The number of amides is 2. The second kappa shape index (κ2) is 5.75. The average Bonchev–Trinajstić information content (AvgIpc) is 2.69. The molecule has 0 aliphatic carbocycles. The number of carbonyl (C=O) groups is 2. The molecule has 7 nitrogen and oxygen atoms in total. The number of carboxylic acid groups (broad SMARTS) is 1. The fraction of sp³-hybridized carbons (Fsp3) is 0.833. The van der Waals surface area contributed by atoms with E-state index >= 15 is 0 Å². The first kappa shape index (κ1) is 15.7. The highest BCUT2D eigenvalue weighted by Crippen LogP contribution is 2.22. The van der Waals surface area contributed by atoms with Gasteiger partial charge in [-0.3, -0.25) is 0 Å². The van der Waals surface area contributed by atoms with E-state index in [0.717, 1.165) is 0 Å². The van der Waals surface area contributed by atoms with E-state index in [2.05, 4.69) is 0 Å². The molecule has 1 rings (SSSR count). The van der Waals surface area contributed by atoms with Gasteiger partial charge >= 0.3 is 12.0 Å². The highest BCUT2D eigenvalue weighted by molar-refractivity contribution is 5.83. The molecule has 7 heteroatoms. The van der Waals surface area contributed by atoms with Gasteiger partial charge in [-0.15, -0.1) is 0 Å². The molecule has 1 fully saturated rings. The summed E-state index contributed by atoms with van der Waals surface area (Å²) < 4.78 is 5.13. The lowest BCUT2D eigenvalue weighted by Gasteiger charge is -2.31. The summed E-state index contributed by atoms with van der Waals surface area (Å²) in [6.45, 7) is 3.57. The summed E-state index contributed by atoms with van der Waals surface area (Å²) in [6, 6.07) is -1.28. The summed E-state index contributed by atoms with van der Waals surface area (Å²) >= 11 is 0. The Kier molecular flexibility index (Phi) is 4.75. The molecule has 0 radical (unpaired) electrons. The number of urea groups is 1. The third-order valence-electron chi connectivity index (χ3n) is 3.08. The molecule has 0 aromatic rings. The lowest BCUT2D eigenvalue weighted by molar-refractivity contribution is -0.141. The zero-order valence-corrected chi connectivity index (χ0v) is 11.8. The van der Waals surface area contributed by atoms with E-state index in [1.807, 2.05) is 0 Å². The molecule has 2 atom stereocenters. The lowest BCUT2D eigenvalue weighted by Crippen LogP contribution is -2.50. The molecule has 1 aliphatic heterocycles. The Hall–Kier alpha value is -1.34. The van der Waals surface area contributed by atoms with Gasteiger partial charge in [0, 0.05) is 27.1 Å². The number of ether oxygens (including phenoxy) is 1. The molecule has 0 saturated carbocycles. The molecule has 0 spiro atoms. The van der Waals surface area contributed by atoms with Gasteiger partial charge in [0.1, 0.15) is 6.04 Å². The number of likely N-dealkylation sites (tertiary alicyclic amines) is 1. The fourth-order valence-corrected chi connectivity index (χ4v) is 2.28. The Morgan fingerprint density at radius 1 is 1.47 bits per heavy atom. The maximum atomic E-state index is 12.2. The second-order valence-electron chi connectivity index (χ2n) is 5.55. The molecule has 1 saturated heterocycles. The summed E-state index contributed by atoms with van der Waals surface area (Å²) in [6.07, 6.45) is 0.0223. The molecule has 1 aliphatic rings. The van der Waals surface area contributed by atoms with Crippen LogP contribution in [0.3, 0.4) is 0 Å². The predicted octanol–water partition coefficient (Wildman–Crippen LogP) is -0.0170. The average molecular weight is 274 g/mol. The third-order valence-corrected chi connectivity index (χ3v) is 3.08. The maximum Gasteiger partial charge on any atom is 0.326 e. The smallest absolute Gasteiger partial charge is 0.326 e.